The number of benzene rings is 3. The molecule has 0 aromatic heterocycles. The van der Waals surface area contributed by atoms with Gasteiger partial charge >= 0.3 is 24.1 Å². The molecule has 0 aliphatic rings. The smallest absolute Gasteiger partial charge is 0.408 e. The van der Waals surface area contributed by atoms with Gasteiger partial charge < -0.3 is 41.8 Å². The molecule has 0 atom stereocenters. The minimum absolute atomic E-state index is 0. The Hall–Kier alpha value is -5.24. The molecule has 0 saturated heterocycles. The van der Waals surface area contributed by atoms with Crippen molar-refractivity contribution in [2.75, 3.05) is 13.2 Å². The van der Waals surface area contributed by atoms with E-state index in [1.807, 2.05) is 48.5 Å². The summed E-state index contributed by atoms with van der Waals surface area (Å²) in [6.07, 6.45) is -1.49. The number of rotatable bonds is 10. The third-order valence-corrected chi connectivity index (χ3v) is 5.94. The number of aromatic carboxylic acids is 2. The molecule has 0 spiro atoms. The molecule has 0 aliphatic carbocycles. The Balaban J connectivity index is 0.00000529. The largest absolute Gasteiger partial charge is 0.478 e. The standard InChI is InChI=1S/C32H30N4O8.2ClH/c33-17-21-5-1-7-23(13-21)19-35-31(41)43-11-3-9-25-15-28(30(39)40)26(16-27(25)29(37)38)10-4-12-44-32(42)36-20-24-8-2-6-22(14-24)18-34;;/h1-2,5-8,13-16H,11-12,17-20,33-34H2,(H,35,41)(H,36,42)(H,37,38)(H,39,40);2*1H. The summed E-state index contributed by atoms with van der Waals surface area (Å²) in [6.45, 7) is 0.373. The van der Waals surface area contributed by atoms with Gasteiger partial charge in [0.1, 0.15) is 0 Å². The predicted octanol–water partition coefficient (Wildman–Crippen LogP) is 3.40. The molecule has 14 heteroatoms. The predicted molar refractivity (Wildman–Crippen MR) is 174 cm³/mol. The zero-order chi connectivity index (χ0) is 31.9. The van der Waals surface area contributed by atoms with Gasteiger partial charge in [-0.25, -0.2) is 19.2 Å². The molecule has 3 aromatic carbocycles. The lowest BCUT2D eigenvalue weighted by Crippen LogP contribution is -2.24. The van der Waals surface area contributed by atoms with Gasteiger partial charge in [-0.1, -0.05) is 72.2 Å². The van der Waals surface area contributed by atoms with Crippen LogP contribution >= 0.6 is 24.8 Å². The highest BCUT2D eigenvalue weighted by Crippen LogP contribution is 2.17. The fourth-order valence-electron chi connectivity index (χ4n) is 3.81. The van der Waals surface area contributed by atoms with Crippen molar-refractivity contribution in [2.24, 2.45) is 11.5 Å². The summed E-state index contributed by atoms with van der Waals surface area (Å²) < 4.78 is 9.99. The second-order valence-corrected chi connectivity index (χ2v) is 9.06. The number of carbonyl (C=O) groups is 4. The Bertz CT molecular complexity index is 1550. The molecule has 0 radical (unpaired) electrons. The van der Waals surface area contributed by atoms with Crippen molar-refractivity contribution in [3.05, 3.63) is 105 Å². The highest BCUT2D eigenvalue weighted by Gasteiger charge is 2.17. The minimum Gasteiger partial charge on any atom is -0.478 e. The Morgan fingerprint density at radius 2 is 1.00 bits per heavy atom. The van der Waals surface area contributed by atoms with Gasteiger partial charge in [-0.3, -0.25) is 0 Å². The normalized spacial score (nSPS) is 9.43. The Morgan fingerprint density at radius 1 is 0.630 bits per heavy atom. The van der Waals surface area contributed by atoms with E-state index >= 15 is 0 Å². The molecular formula is C32H32Cl2N4O8. The van der Waals surface area contributed by atoms with Crippen molar-refractivity contribution in [1.82, 2.24) is 10.6 Å². The Morgan fingerprint density at radius 3 is 1.35 bits per heavy atom. The van der Waals surface area contributed by atoms with Crippen LogP contribution in [0.1, 0.15) is 54.1 Å². The van der Waals surface area contributed by atoms with Gasteiger partial charge in [-0.2, -0.15) is 0 Å². The molecule has 0 heterocycles. The SMILES string of the molecule is Cl.Cl.NCc1cccc(CNC(=O)OCC#Cc2cc(C(=O)O)c(C#CCOC(=O)NCc3cccc(CN)c3)cc2C(=O)O)c1. The molecule has 0 aliphatic heterocycles. The number of ether oxygens (including phenoxy) is 2. The maximum absolute atomic E-state index is 12.0. The van der Waals surface area contributed by atoms with Crippen molar-refractivity contribution in [3.63, 3.8) is 0 Å². The van der Waals surface area contributed by atoms with Crippen molar-refractivity contribution in [2.45, 2.75) is 26.2 Å². The van der Waals surface area contributed by atoms with Crippen molar-refractivity contribution in [1.29, 1.82) is 0 Å². The van der Waals surface area contributed by atoms with Crippen LogP contribution in [-0.2, 0) is 35.7 Å². The van der Waals surface area contributed by atoms with Crippen molar-refractivity contribution >= 4 is 48.9 Å². The zero-order valence-corrected chi connectivity index (χ0v) is 26.0. The Kier molecular flexibility index (Phi) is 16.8. The average Bonchev–Trinajstić information content (AvgIpc) is 3.03. The number of halogens is 2. The topological polar surface area (TPSA) is 203 Å². The van der Waals surface area contributed by atoms with Crippen LogP contribution in [0, 0.1) is 23.7 Å². The molecule has 242 valence electrons. The first-order chi connectivity index (χ1) is 21.2. The van der Waals surface area contributed by atoms with E-state index in [1.54, 1.807) is 0 Å². The summed E-state index contributed by atoms with van der Waals surface area (Å²) in [4.78, 5) is 47.7. The Labute approximate surface area is 277 Å². The number of hydrogen-bond acceptors (Lipinski definition) is 8. The van der Waals surface area contributed by atoms with Gasteiger partial charge in [0, 0.05) is 37.3 Å². The number of amides is 2. The van der Waals surface area contributed by atoms with E-state index in [9.17, 15) is 29.4 Å². The summed E-state index contributed by atoms with van der Waals surface area (Å²) in [5.41, 5.74) is 13.8. The van der Waals surface area contributed by atoms with E-state index in [4.69, 9.17) is 20.9 Å². The number of carbonyl (C=O) groups excluding carboxylic acids is 2. The van der Waals surface area contributed by atoms with Crippen LogP contribution in [0.15, 0.2) is 60.7 Å². The van der Waals surface area contributed by atoms with Crippen LogP contribution in [0.4, 0.5) is 9.59 Å². The van der Waals surface area contributed by atoms with Gasteiger partial charge in [0.15, 0.2) is 13.2 Å². The lowest BCUT2D eigenvalue weighted by Gasteiger charge is -2.07. The van der Waals surface area contributed by atoms with Gasteiger partial charge in [0.25, 0.3) is 0 Å². The molecule has 3 rings (SSSR count). The van der Waals surface area contributed by atoms with E-state index in [0.717, 1.165) is 34.4 Å². The summed E-state index contributed by atoms with van der Waals surface area (Å²) in [5, 5.41) is 24.4. The van der Waals surface area contributed by atoms with E-state index in [2.05, 4.69) is 34.3 Å². The van der Waals surface area contributed by atoms with Crippen LogP contribution < -0.4 is 22.1 Å². The average molecular weight is 672 g/mol. The van der Waals surface area contributed by atoms with Crippen molar-refractivity contribution in [3.8, 4) is 23.7 Å². The van der Waals surface area contributed by atoms with E-state index in [0.29, 0.717) is 13.1 Å². The molecule has 8 N–H and O–H groups in total. The number of nitrogens with two attached hydrogens (primary N) is 2. The van der Waals surface area contributed by atoms with Crippen molar-refractivity contribution < 1.29 is 38.9 Å². The number of carboxylic acids is 2. The van der Waals surface area contributed by atoms with Gasteiger partial charge in [0.2, 0.25) is 0 Å². The van der Waals surface area contributed by atoms with Crippen LogP contribution in [0.2, 0.25) is 0 Å². The van der Waals surface area contributed by atoms with Crippen LogP contribution in [0.3, 0.4) is 0 Å². The van der Waals surface area contributed by atoms with Crippen LogP contribution in [0.5, 0.6) is 0 Å². The molecule has 0 saturated carbocycles. The maximum Gasteiger partial charge on any atom is 0.408 e. The van der Waals surface area contributed by atoms with E-state index in [1.165, 1.54) is 0 Å². The molecular weight excluding hydrogens is 639 g/mol. The molecule has 0 fully saturated rings. The van der Waals surface area contributed by atoms with Crippen LogP contribution in [0.25, 0.3) is 0 Å². The second kappa shape index (κ2) is 19.9. The fraction of sp³-hybridized carbons (Fsp3) is 0.188. The number of hydrogen-bond donors (Lipinski definition) is 6. The minimum atomic E-state index is -1.37. The summed E-state index contributed by atoms with van der Waals surface area (Å²) in [6, 6.07) is 16.8. The van der Waals surface area contributed by atoms with E-state index in [-0.39, 0.29) is 73.4 Å². The first kappa shape index (κ1) is 38.8. The lowest BCUT2D eigenvalue weighted by atomic mass is 9.98. The molecule has 0 bridgehead atoms. The highest BCUT2D eigenvalue weighted by molar-refractivity contribution is 5.96. The van der Waals surface area contributed by atoms with Gasteiger partial charge in [-0.15, -0.1) is 24.8 Å². The zero-order valence-electron chi connectivity index (χ0n) is 24.3. The number of alkyl carbamates (subject to hydrolysis) is 2. The molecule has 46 heavy (non-hydrogen) atoms. The molecule has 2 amide bonds. The second-order valence-electron chi connectivity index (χ2n) is 9.06. The number of carboxylic acid groups (broad SMARTS) is 2. The third kappa shape index (κ3) is 12.4. The van der Waals surface area contributed by atoms with Gasteiger partial charge in [0.05, 0.1) is 11.1 Å². The maximum atomic E-state index is 12.0. The summed E-state index contributed by atoms with van der Waals surface area (Å²) in [7, 11) is 0. The monoisotopic (exact) mass is 670 g/mol. The first-order valence-electron chi connectivity index (χ1n) is 13.2. The van der Waals surface area contributed by atoms with E-state index < -0.39 is 24.1 Å². The lowest BCUT2D eigenvalue weighted by molar-refractivity contribution is 0.0680. The molecule has 12 nitrogen and oxygen atoms in total. The molecule has 0 unspecified atom stereocenters. The fourth-order valence-corrected chi connectivity index (χ4v) is 3.81. The summed E-state index contributed by atoms with van der Waals surface area (Å²) in [5.74, 6) is 7.34. The third-order valence-electron chi connectivity index (χ3n) is 5.94. The molecule has 3 aromatic rings. The van der Waals surface area contributed by atoms with Gasteiger partial charge in [-0.05, 0) is 34.4 Å². The van der Waals surface area contributed by atoms with Crippen LogP contribution in [-0.4, -0.2) is 47.6 Å². The first-order valence-corrected chi connectivity index (χ1v) is 13.2. The quantitative estimate of drug-likeness (QED) is 0.173. The highest BCUT2D eigenvalue weighted by atomic mass is 35.5. The summed E-state index contributed by atoms with van der Waals surface area (Å²) >= 11 is 0. The number of nitrogens with one attached hydrogen (secondary N) is 2.